The van der Waals surface area contributed by atoms with Crippen molar-refractivity contribution in [2.24, 2.45) is 0 Å². The Morgan fingerprint density at radius 3 is 1.52 bits per heavy atom. The summed E-state index contributed by atoms with van der Waals surface area (Å²) in [6.45, 7) is -4.38. The largest absolute Gasteiger partial charge is 0.748 e. The lowest BCUT2D eigenvalue weighted by Crippen LogP contribution is -2.72. The molecule has 0 saturated carbocycles. The summed E-state index contributed by atoms with van der Waals surface area (Å²) in [6, 6.07) is 0. The average Bonchev–Trinajstić information content (AvgIpc) is 2.69. The molecule has 0 radical (unpaired) electrons. The predicted octanol–water partition coefficient (Wildman–Crippen LogP) is 2.80. The molecule has 0 bridgehead atoms. The first kappa shape index (κ1) is 38.3. The minimum Gasteiger partial charge on any atom is -0.748 e. The highest BCUT2D eigenvalue weighted by molar-refractivity contribution is 7.90. The Bertz CT molecular complexity index is 1120. The number of carbonyl (C=O) groups is 1. The molecule has 0 atom stereocenters. The number of quaternary nitrogens is 1. The fraction of sp³-hybridized carbons (Fsp3) is 0.938. The Hall–Kier alpha value is -1.66. The van der Waals surface area contributed by atoms with Crippen LogP contribution in [0.1, 0.15) is 12.8 Å². The second kappa shape index (κ2) is 11.6. The van der Waals surface area contributed by atoms with Crippen molar-refractivity contribution in [3.05, 3.63) is 0 Å². The van der Waals surface area contributed by atoms with Crippen molar-refractivity contribution in [3.8, 4) is 0 Å². The number of aliphatic carboxylic acids is 1. The number of hydrogen-bond acceptors (Lipinski definition) is 6. The molecular formula is C16H21F13N2O7S2. The third kappa shape index (κ3) is 7.59. The van der Waals surface area contributed by atoms with Crippen LogP contribution in [0.2, 0.25) is 0 Å². The van der Waals surface area contributed by atoms with Gasteiger partial charge in [-0.2, -0.15) is 61.4 Å². The summed E-state index contributed by atoms with van der Waals surface area (Å²) in [4.78, 5) is 10.9. The minimum absolute atomic E-state index is 0.184. The first-order valence-electron chi connectivity index (χ1n) is 10.2. The molecule has 24 heteroatoms. The van der Waals surface area contributed by atoms with Crippen LogP contribution in [0.25, 0.3) is 0 Å². The van der Waals surface area contributed by atoms with Gasteiger partial charge in [-0.1, -0.05) is 0 Å². The van der Waals surface area contributed by atoms with Crippen molar-refractivity contribution in [2.45, 2.75) is 48.0 Å². The van der Waals surface area contributed by atoms with E-state index in [1.54, 1.807) is 0 Å². The Labute approximate surface area is 217 Å². The molecule has 0 fully saturated rings. The topological polar surface area (TPSA) is 132 Å². The molecule has 0 aliphatic heterocycles. The highest BCUT2D eigenvalue weighted by Crippen LogP contribution is 2.61. The Balaban J connectivity index is 6.32. The van der Waals surface area contributed by atoms with Crippen LogP contribution in [0.3, 0.4) is 0 Å². The van der Waals surface area contributed by atoms with Crippen LogP contribution in [0, 0.1) is 0 Å². The zero-order valence-corrected chi connectivity index (χ0v) is 21.6. The standard InChI is InChI=1S/C16H21F13N2O7S2/c1-31(2,7-4-8-39(34,35)36)6-3-5-30(9-10(32)33)40(37,38)16(28,29)14(23,24)12(19,20)11(17,18)13(21,22)15(25,26)27/h3-9H2,1-2H3,(H-,32,33,34,35,36). The molecule has 240 valence electrons. The lowest BCUT2D eigenvalue weighted by Gasteiger charge is -2.40. The van der Waals surface area contributed by atoms with Gasteiger partial charge in [0, 0.05) is 25.1 Å². The molecule has 0 saturated heterocycles. The van der Waals surface area contributed by atoms with Gasteiger partial charge in [0.2, 0.25) is 0 Å². The molecule has 0 aromatic carbocycles. The van der Waals surface area contributed by atoms with Gasteiger partial charge in [-0.15, -0.1) is 0 Å². The Kier molecular flexibility index (Phi) is 11.1. The molecule has 40 heavy (non-hydrogen) atoms. The number of rotatable bonds is 16. The van der Waals surface area contributed by atoms with Gasteiger partial charge in [0.15, 0.2) is 0 Å². The van der Waals surface area contributed by atoms with E-state index in [1.807, 2.05) is 0 Å². The van der Waals surface area contributed by atoms with E-state index in [4.69, 9.17) is 5.11 Å². The van der Waals surface area contributed by atoms with Crippen molar-refractivity contribution in [1.29, 1.82) is 0 Å². The summed E-state index contributed by atoms with van der Waals surface area (Å²) in [5, 5.41) is 1.15. The summed E-state index contributed by atoms with van der Waals surface area (Å²) in [5.74, 6) is -36.3. The summed E-state index contributed by atoms with van der Waals surface area (Å²) in [7, 11) is -9.68. The minimum atomic E-state index is -8.40. The van der Waals surface area contributed by atoms with Crippen LogP contribution in [-0.4, -0.2) is 122 Å². The van der Waals surface area contributed by atoms with Crippen LogP contribution < -0.4 is 0 Å². The van der Waals surface area contributed by atoms with Gasteiger partial charge in [-0.05, 0) is 0 Å². The van der Waals surface area contributed by atoms with Crippen molar-refractivity contribution < 1.29 is 92.8 Å². The number of carboxylic acids is 1. The van der Waals surface area contributed by atoms with Crippen LogP contribution >= 0.6 is 0 Å². The van der Waals surface area contributed by atoms with E-state index in [-0.39, 0.29) is 17.4 Å². The Morgan fingerprint density at radius 2 is 1.15 bits per heavy atom. The highest BCUT2D eigenvalue weighted by atomic mass is 32.2. The van der Waals surface area contributed by atoms with E-state index in [1.165, 1.54) is 14.1 Å². The van der Waals surface area contributed by atoms with E-state index in [0.717, 1.165) is 0 Å². The third-order valence-electron chi connectivity index (χ3n) is 5.21. The monoisotopic (exact) mass is 664 g/mol. The number of carboxylic acid groups (broad SMARTS) is 1. The van der Waals surface area contributed by atoms with Crippen molar-refractivity contribution in [2.75, 3.05) is 46.0 Å². The van der Waals surface area contributed by atoms with Gasteiger partial charge in [-0.25, -0.2) is 16.8 Å². The molecule has 0 spiro atoms. The molecule has 0 aliphatic rings. The van der Waals surface area contributed by atoms with Crippen LogP contribution in [-0.2, 0) is 24.9 Å². The van der Waals surface area contributed by atoms with Gasteiger partial charge < -0.3 is 14.1 Å². The molecule has 0 aromatic rings. The Morgan fingerprint density at radius 1 is 0.750 bits per heavy atom. The van der Waals surface area contributed by atoms with E-state index in [0.29, 0.717) is 0 Å². The number of nitrogens with zero attached hydrogens (tertiary/aromatic N) is 2. The maximum Gasteiger partial charge on any atom is 0.460 e. The van der Waals surface area contributed by atoms with E-state index in [9.17, 15) is 83.3 Å². The van der Waals surface area contributed by atoms with Gasteiger partial charge in [0.25, 0.3) is 10.0 Å². The van der Waals surface area contributed by atoms with Crippen molar-refractivity contribution in [3.63, 3.8) is 0 Å². The molecular weight excluding hydrogens is 643 g/mol. The normalized spacial score (nSPS) is 15.5. The molecule has 1 N–H and O–H groups in total. The number of halogens is 13. The quantitative estimate of drug-likeness (QED) is 0.153. The van der Waals surface area contributed by atoms with E-state index < -0.39 is 97.3 Å². The summed E-state index contributed by atoms with van der Waals surface area (Å²) in [5.41, 5.74) is 0. The third-order valence-corrected chi connectivity index (χ3v) is 7.89. The molecule has 0 aromatic heterocycles. The zero-order chi connectivity index (χ0) is 32.6. The highest BCUT2D eigenvalue weighted by Gasteiger charge is 2.92. The summed E-state index contributed by atoms with van der Waals surface area (Å²) in [6.07, 6.45) is -8.82. The molecule has 0 unspecified atom stereocenters. The molecule has 0 aliphatic carbocycles. The summed E-state index contributed by atoms with van der Waals surface area (Å²) >= 11 is 0. The van der Waals surface area contributed by atoms with Crippen LogP contribution in [0.4, 0.5) is 57.1 Å². The second-order valence-corrected chi connectivity index (χ2v) is 12.4. The SMILES string of the molecule is C[N+](C)(CCCN(CC(=O)O)S(=O)(=O)C(F)(F)C(F)(F)C(F)(F)C(F)(F)C(F)(F)C(F)(F)F)CCCS(=O)(=O)[O-]. The molecule has 0 rings (SSSR count). The molecule has 0 amide bonds. The van der Waals surface area contributed by atoms with E-state index >= 15 is 0 Å². The van der Waals surface area contributed by atoms with Crippen LogP contribution in [0.5, 0.6) is 0 Å². The number of hydrogen-bond donors (Lipinski definition) is 1. The zero-order valence-electron chi connectivity index (χ0n) is 20.0. The van der Waals surface area contributed by atoms with Crippen molar-refractivity contribution in [1.82, 2.24) is 4.31 Å². The fourth-order valence-electron chi connectivity index (χ4n) is 2.97. The lowest BCUT2D eigenvalue weighted by molar-refractivity contribution is -0.890. The van der Waals surface area contributed by atoms with E-state index in [2.05, 4.69) is 0 Å². The van der Waals surface area contributed by atoms with Crippen LogP contribution in [0.15, 0.2) is 0 Å². The van der Waals surface area contributed by atoms with Gasteiger partial charge in [0.1, 0.15) is 6.54 Å². The smallest absolute Gasteiger partial charge is 0.460 e. The first-order chi connectivity index (χ1) is 17.2. The fourth-order valence-corrected chi connectivity index (χ4v) is 4.88. The van der Waals surface area contributed by atoms with Gasteiger partial charge >= 0.3 is 41.1 Å². The second-order valence-electron chi connectivity index (χ2n) is 8.90. The number of alkyl halides is 13. The molecule has 9 nitrogen and oxygen atoms in total. The predicted molar refractivity (Wildman–Crippen MR) is 105 cm³/mol. The maximum absolute atomic E-state index is 14.3. The first-order valence-corrected chi connectivity index (χ1v) is 13.2. The lowest BCUT2D eigenvalue weighted by atomic mass is 9.98. The molecule has 0 heterocycles. The average molecular weight is 664 g/mol. The van der Waals surface area contributed by atoms with Gasteiger partial charge in [-0.3, -0.25) is 4.79 Å². The maximum atomic E-state index is 14.3. The van der Waals surface area contributed by atoms with Crippen molar-refractivity contribution >= 4 is 26.1 Å². The number of sulfonamides is 1. The van der Waals surface area contributed by atoms with Gasteiger partial charge in [0.05, 0.1) is 37.3 Å². The summed E-state index contributed by atoms with van der Waals surface area (Å²) < 4.78 is 228.